The van der Waals surface area contributed by atoms with Gasteiger partial charge in [-0.05, 0) is 12.8 Å². The number of carbonyl (C=O) groups excluding carboxylic acids is 1. The van der Waals surface area contributed by atoms with Crippen LogP contribution in [0.4, 0.5) is 4.79 Å². The molecule has 0 aliphatic carbocycles. The molecule has 0 bridgehead atoms. The van der Waals surface area contributed by atoms with Crippen LogP contribution in [-0.2, 0) is 4.74 Å². The van der Waals surface area contributed by atoms with Gasteiger partial charge in [-0.3, -0.25) is 0 Å². The minimum absolute atomic E-state index is 0.231. The molecule has 0 saturated carbocycles. The molecule has 0 aliphatic rings. The Morgan fingerprint density at radius 1 is 1.58 bits per heavy atom. The highest BCUT2D eigenvalue weighted by atomic mass is 16.6. The maximum absolute atomic E-state index is 11.1. The van der Waals surface area contributed by atoms with Crippen molar-refractivity contribution in [2.75, 3.05) is 20.2 Å². The Bertz CT molecular complexity index is 126. The molecule has 0 aromatic heterocycles. The largest absolute Gasteiger partial charge is 0.449 e. The predicted molar refractivity (Wildman–Crippen MR) is 48.9 cm³/mol. The summed E-state index contributed by atoms with van der Waals surface area (Å²) in [6.45, 7) is 6.91. The lowest BCUT2D eigenvalue weighted by atomic mass is 10.3. The zero-order chi connectivity index (χ0) is 9.40. The van der Waals surface area contributed by atoms with Crippen LogP contribution in [0.3, 0.4) is 0 Å². The first-order valence-electron chi connectivity index (χ1n) is 4.39. The van der Waals surface area contributed by atoms with Crippen LogP contribution in [0.15, 0.2) is 0 Å². The van der Waals surface area contributed by atoms with Crippen molar-refractivity contribution in [3.8, 4) is 0 Å². The number of carbonyl (C=O) groups is 1. The highest BCUT2D eigenvalue weighted by Gasteiger charge is 2.07. The molecule has 0 rings (SSSR count). The molecule has 0 saturated heterocycles. The second kappa shape index (κ2) is 6.95. The number of ether oxygens (including phenoxy) is 1. The molecule has 0 N–H and O–H groups in total. The summed E-state index contributed by atoms with van der Waals surface area (Å²) in [7, 11) is 1.74. The summed E-state index contributed by atoms with van der Waals surface area (Å²) in [4.78, 5) is 12.7. The number of amides is 1. The van der Waals surface area contributed by atoms with E-state index in [0.717, 1.165) is 25.8 Å². The smallest absolute Gasteiger partial charge is 0.409 e. The second-order valence-electron chi connectivity index (χ2n) is 2.74. The molecule has 0 aromatic carbocycles. The number of nitrogens with zero attached hydrogens (tertiary/aromatic N) is 1. The van der Waals surface area contributed by atoms with Gasteiger partial charge in [-0.25, -0.2) is 4.79 Å². The molecule has 3 nitrogen and oxygen atoms in total. The van der Waals surface area contributed by atoms with E-state index in [1.165, 1.54) is 0 Å². The maximum atomic E-state index is 11.1. The molecule has 1 radical (unpaired) electrons. The number of hydrogen-bond acceptors (Lipinski definition) is 2. The lowest BCUT2D eigenvalue weighted by Gasteiger charge is -2.15. The minimum Gasteiger partial charge on any atom is -0.449 e. The molecular weight excluding hydrogens is 154 g/mol. The van der Waals surface area contributed by atoms with Crippen molar-refractivity contribution in [3.05, 3.63) is 6.92 Å². The standard InChI is InChI=1S/C9H18NO2/c1-4-6-7-10(3)9(11)12-8-5-2/h1,4-8H2,2-3H3. The first kappa shape index (κ1) is 11.3. The quantitative estimate of drug-likeness (QED) is 0.635. The average Bonchev–Trinajstić information content (AvgIpc) is 2.10. The lowest BCUT2D eigenvalue weighted by Crippen LogP contribution is -2.28. The number of rotatable bonds is 5. The zero-order valence-electron chi connectivity index (χ0n) is 8.01. The van der Waals surface area contributed by atoms with E-state index in [2.05, 4.69) is 6.92 Å². The van der Waals surface area contributed by atoms with Gasteiger partial charge in [-0.2, -0.15) is 0 Å². The third-order valence-electron chi connectivity index (χ3n) is 1.48. The summed E-state index contributed by atoms with van der Waals surface area (Å²) in [6, 6.07) is 0. The van der Waals surface area contributed by atoms with E-state index in [4.69, 9.17) is 4.74 Å². The SMILES string of the molecule is [CH2]CCCN(C)C(=O)OCCC. The Morgan fingerprint density at radius 2 is 2.25 bits per heavy atom. The van der Waals surface area contributed by atoms with Crippen molar-refractivity contribution in [1.29, 1.82) is 0 Å². The average molecular weight is 172 g/mol. The summed E-state index contributed by atoms with van der Waals surface area (Å²) in [6.07, 6.45) is 2.42. The van der Waals surface area contributed by atoms with Gasteiger partial charge in [0.1, 0.15) is 0 Å². The molecule has 0 spiro atoms. The Morgan fingerprint density at radius 3 is 2.75 bits per heavy atom. The molecule has 0 unspecified atom stereocenters. The van der Waals surface area contributed by atoms with Crippen LogP contribution in [0.25, 0.3) is 0 Å². The Labute approximate surface area is 74.7 Å². The minimum atomic E-state index is -0.231. The molecule has 0 heterocycles. The molecule has 12 heavy (non-hydrogen) atoms. The van der Waals surface area contributed by atoms with E-state index in [9.17, 15) is 4.79 Å². The van der Waals surface area contributed by atoms with Crippen LogP contribution in [-0.4, -0.2) is 31.2 Å². The summed E-state index contributed by atoms with van der Waals surface area (Å²) < 4.78 is 4.92. The van der Waals surface area contributed by atoms with Crippen LogP contribution >= 0.6 is 0 Å². The summed E-state index contributed by atoms with van der Waals surface area (Å²) in [5.41, 5.74) is 0. The van der Waals surface area contributed by atoms with Gasteiger partial charge in [0, 0.05) is 13.6 Å². The third-order valence-corrected chi connectivity index (χ3v) is 1.48. The summed E-state index contributed by atoms with van der Waals surface area (Å²) in [5, 5.41) is 0. The van der Waals surface area contributed by atoms with Crippen LogP contribution in [0.2, 0.25) is 0 Å². The molecule has 0 aliphatic heterocycles. The summed E-state index contributed by atoms with van der Waals surface area (Å²) in [5.74, 6) is 0. The Hall–Kier alpha value is -0.730. The van der Waals surface area contributed by atoms with Gasteiger partial charge >= 0.3 is 6.09 Å². The van der Waals surface area contributed by atoms with Gasteiger partial charge in [-0.1, -0.05) is 20.3 Å². The normalized spacial score (nSPS) is 9.58. The van der Waals surface area contributed by atoms with Crippen molar-refractivity contribution in [3.63, 3.8) is 0 Å². The maximum Gasteiger partial charge on any atom is 0.409 e. The van der Waals surface area contributed by atoms with Crippen LogP contribution < -0.4 is 0 Å². The van der Waals surface area contributed by atoms with Crippen molar-refractivity contribution in [2.24, 2.45) is 0 Å². The second-order valence-corrected chi connectivity index (χ2v) is 2.74. The van der Waals surface area contributed by atoms with Gasteiger partial charge in [0.15, 0.2) is 0 Å². The van der Waals surface area contributed by atoms with Crippen LogP contribution in [0.5, 0.6) is 0 Å². The number of hydrogen-bond donors (Lipinski definition) is 0. The van der Waals surface area contributed by atoms with Crippen molar-refractivity contribution in [2.45, 2.75) is 26.2 Å². The van der Waals surface area contributed by atoms with Crippen molar-refractivity contribution in [1.82, 2.24) is 4.90 Å². The van der Waals surface area contributed by atoms with Crippen molar-refractivity contribution >= 4 is 6.09 Å². The van der Waals surface area contributed by atoms with E-state index >= 15 is 0 Å². The van der Waals surface area contributed by atoms with E-state index < -0.39 is 0 Å². The first-order valence-corrected chi connectivity index (χ1v) is 4.39. The van der Waals surface area contributed by atoms with Crippen LogP contribution in [0.1, 0.15) is 26.2 Å². The van der Waals surface area contributed by atoms with E-state index in [1.807, 2.05) is 6.92 Å². The van der Waals surface area contributed by atoms with Crippen LogP contribution in [0, 0.1) is 6.92 Å². The van der Waals surface area contributed by atoms with Gasteiger partial charge in [0.05, 0.1) is 6.61 Å². The fourth-order valence-corrected chi connectivity index (χ4v) is 0.740. The highest BCUT2D eigenvalue weighted by Crippen LogP contribution is 1.95. The van der Waals surface area contributed by atoms with Crippen molar-refractivity contribution < 1.29 is 9.53 Å². The highest BCUT2D eigenvalue weighted by molar-refractivity contribution is 5.67. The van der Waals surface area contributed by atoms with Gasteiger partial charge < -0.3 is 9.64 Å². The summed E-state index contributed by atoms with van der Waals surface area (Å²) >= 11 is 0. The zero-order valence-corrected chi connectivity index (χ0v) is 8.01. The monoisotopic (exact) mass is 172 g/mol. The molecule has 0 atom stereocenters. The van der Waals surface area contributed by atoms with E-state index in [-0.39, 0.29) is 6.09 Å². The van der Waals surface area contributed by atoms with Gasteiger partial charge in [-0.15, -0.1) is 0 Å². The Kier molecular flexibility index (Phi) is 6.53. The fourth-order valence-electron chi connectivity index (χ4n) is 0.740. The molecular formula is C9H18NO2. The molecule has 3 heteroatoms. The third kappa shape index (κ3) is 4.99. The molecule has 0 aromatic rings. The lowest BCUT2D eigenvalue weighted by molar-refractivity contribution is 0.111. The molecule has 0 fully saturated rings. The topological polar surface area (TPSA) is 29.5 Å². The van der Waals surface area contributed by atoms with E-state index in [0.29, 0.717) is 6.61 Å². The fraction of sp³-hybridized carbons (Fsp3) is 0.778. The predicted octanol–water partition coefficient (Wildman–Crippen LogP) is 2.08. The Balaban J connectivity index is 3.47. The van der Waals surface area contributed by atoms with Gasteiger partial charge in [0.25, 0.3) is 0 Å². The van der Waals surface area contributed by atoms with Gasteiger partial charge in [0.2, 0.25) is 0 Å². The molecule has 71 valence electrons. The van der Waals surface area contributed by atoms with E-state index in [1.54, 1.807) is 11.9 Å². The number of unbranched alkanes of at least 4 members (excludes halogenated alkanes) is 1. The first-order chi connectivity index (χ1) is 5.72. The molecule has 1 amide bonds.